The van der Waals surface area contributed by atoms with Gasteiger partial charge in [-0.3, -0.25) is 0 Å². The second-order valence-electron chi connectivity index (χ2n) is 6.63. The number of benzene rings is 1. The molecule has 0 heterocycles. The first kappa shape index (κ1) is 16.4. The van der Waals surface area contributed by atoms with Crippen LogP contribution in [0, 0.1) is 5.41 Å². The highest BCUT2D eigenvalue weighted by molar-refractivity contribution is 6.71. The van der Waals surface area contributed by atoms with Crippen molar-refractivity contribution in [1.29, 1.82) is 0 Å². The van der Waals surface area contributed by atoms with Gasteiger partial charge in [0.1, 0.15) is 0 Å². The van der Waals surface area contributed by atoms with Crippen molar-refractivity contribution < 1.29 is 9.16 Å². The Hall–Kier alpha value is -0.643. The predicted octanol–water partition coefficient (Wildman–Crippen LogP) is 4.12. The van der Waals surface area contributed by atoms with Crippen molar-refractivity contribution in [3.63, 3.8) is 0 Å². The highest BCUT2D eigenvalue weighted by Crippen LogP contribution is 2.21. The van der Waals surface area contributed by atoms with Crippen molar-refractivity contribution in [2.45, 2.75) is 39.4 Å². The molecule has 0 atom stereocenters. The van der Waals surface area contributed by atoms with Crippen LogP contribution >= 0.6 is 0 Å². The summed E-state index contributed by atoms with van der Waals surface area (Å²) in [7, 11) is 0.169. The molecule has 2 nitrogen and oxygen atoms in total. The number of methoxy groups -OCH3 is 1. The molecule has 0 aromatic heterocycles. The summed E-state index contributed by atoms with van der Waals surface area (Å²) in [6, 6.07) is 11.8. The molecule has 0 radical (unpaired) electrons. The van der Waals surface area contributed by atoms with E-state index in [1.54, 1.807) is 7.11 Å². The molecule has 0 N–H and O–H groups in total. The first-order valence-corrected chi connectivity index (χ1v) is 10.1. The van der Waals surface area contributed by atoms with Gasteiger partial charge in [-0.05, 0) is 31.1 Å². The summed E-state index contributed by atoms with van der Waals surface area (Å²) in [5, 5.41) is 0. The number of hydrogen-bond acceptors (Lipinski definition) is 2. The molecule has 0 unspecified atom stereocenters. The second kappa shape index (κ2) is 7.22. The summed E-state index contributed by atoms with van der Waals surface area (Å²) >= 11 is 0. The summed E-state index contributed by atoms with van der Waals surface area (Å²) in [5.41, 5.74) is 1.51. The van der Waals surface area contributed by atoms with Crippen LogP contribution in [0.5, 0.6) is 0 Å². The van der Waals surface area contributed by atoms with E-state index < -0.39 is 8.32 Å². The van der Waals surface area contributed by atoms with Crippen LogP contribution in [0.2, 0.25) is 19.1 Å². The third-order valence-corrected chi connectivity index (χ3v) is 5.63. The first-order chi connectivity index (χ1) is 8.85. The van der Waals surface area contributed by atoms with E-state index in [4.69, 9.17) is 9.16 Å². The Labute approximate surface area is 119 Å². The Morgan fingerprint density at radius 1 is 1.05 bits per heavy atom. The van der Waals surface area contributed by atoms with E-state index in [0.29, 0.717) is 0 Å². The molecule has 1 aromatic carbocycles. The molecule has 19 heavy (non-hydrogen) atoms. The Morgan fingerprint density at radius 2 is 1.68 bits per heavy atom. The van der Waals surface area contributed by atoms with Gasteiger partial charge < -0.3 is 9.16 Å². The number of aryl methyl sites for hydroxylation is 1. The normalized spacial score (nSPS) is 12.7. The minimum atomic E-state index is -1.58. The van der Waals surface area contributed by atoms with Gasteiger partial charge in [0.15, 0.2) is 8.32 Å². The summed E-state index contributed by atoms with van der Waals surface area (Å²) in [5.74, 6) is 0. The van der Waals surface area contributed by atoms with Crippen LogP contribution in [0.4, 0.5) is 0 Å². The molecule has 1 aromatic rings. The largest absolute Gasteiger partial charge is 0.417 e. The van der Waals surface area contributed by atoms with Crippen LogP contribution in [-0.4, -0.2) is 28.6 Å². The van der Waals surface area contributed by atoms with Gasteiger partial charge in [0.2, 0.25) is 0 Å². The van der Waals surface area contributed by atoms with Crippen LogP contribution in [-0.2, 0) is 15.6 Å². The SMILES string of the molecule is COCC(C)(C)CO[Si](C)(C)CCc1ccccc1. The maximum Gasteiger partial charge on any atom is 0.187 e. The monoisotopic (exact) mass is 280 g/mol. The molecule has 0 aliphatic carbocycles. The lowest BCUT2D eigenvalue weighted by Gasteiger charge is -2.30. The van der Waals surface area contributed by atoms with Crippen molar-refractivity contribution in [1.82, 2.24) is 0 Å². The Bertz CT molecular complexity index is 360. The number of ether oxygens (including phenoxy) is 1. The van der Waals surface area contributed by atoms with Crippen molar-refractivity contribution >= 4 is 8.32 Å². The zero-order valence-corrected chi connectivity index (χ0v) is 14.0. The minimum Gasteiger partial charge on any atom is -0.417 e. The Balaban J connectivity index is 2.39. The van der Waals surface area contributed by atoms with Crippen LogP contribution in [0.15, 0.2) is 30.3 Å². The third kappa shape index (κ3) is 6.90. The van der Waals surface area contributed by atoms with Gasteiger partial charge in [-0.15, -0.1) is 0 Å². The van der Waals surface area contributed by atoms with Crippen LogP contribution < -0.4 is 0 Å². The average Bonchev–Trinajstić information content (AvgIpc) is 2.36. The number of rotatable bonds is 8. The van der Waals surface area contributed by atoms with E-state index in [1.165, 1.54) is 11.6 Å². The van der Waals surface area contributed by atoms with E-state index in [9.17, 15) is 0 Å². The van der Waals surface area contributed by atoms with E-state index >= 15 is 0 Å². The van der Waals surface area contributed by atoms with Gasteiger partial charge in [0, 0.05) is 19.1 Å². The average molecular weight is 280 g/mol. The molecule has 0 saturated heterocycles. The molecule has 0 saturated carbocycles. The zero-order chi connectivity index (χ0) is 14.4. The maximum atomic E-state index is 6.23. The number of hydrogen-bond donors (Lipinski definition) is 0. The summed E-state index contributed by atoms with van der Waals surface area (Å²) in [6.07, 6.45) is 1.12. The lowest BCUT2D eigenvalue weighted by Crippen LogP contribution is -2.36. The van der Waals surface area contributed by atoms with Crippen LogP contribution in [0.1, 0.15) is 19.4 Å². The molecule has 0 fully saturated rings. The van der Waals surface area contributed by atoms with E-state index in [1.807, 2.05) is 0 Å². The quantitative estimate of drug-likeness (QED) is 0.667. The second-order valence-corrected chi connectivity index (χ2v) is 10.9. The topological polar surface area (TPSA) is 18.5 Å². The fraction of sp³-hybridized carbons (Fsp3) is 0.625. The third-order valence-electron chi connectivity index (χ3n) is 3.25. The molecule has 0 amide bonds. The zero-order valence-electron chi connectivity index (χ0n) is 13.0. The van der Waals surface area contributed by atoms with E-state index in [0.717, 1.165) is 19.6 Å². The molecule has 0 aliphatic heterocycles. The van der Waals surface area contributed by atoms with Crippen LogP contribution in [0.3, 0.4) is 0 Å². The maximum absolute atomic E-state index is 6.23. The molecule has 0 bridgehead atoms. The predicted molar refractivity (Wildman–Crippen MR) is 84.0 cm³/mol. The summed E-state index contributed by atoms with van der Waals surface area (Å²) < 4.78 is 11.5. The van der Waals surface area contributed by atoms with Gasteiger partial charge in [-0.1, -0.05) is 44.2 Å². The standard InChI is InChI=1S/C16H28O2Si/c1-16(2,13-17-3)14-18-19(4,5)12-11-15-9-7-6-8-10-15/h6-10H,11-14H2,1-5H3. The highest BCUT2D eigenvalue weighted by atomic mass is 28.4. The molecule has 1 rings (SSSR count). The molecule has 0 spiro atoms. The smallest absolute Gasteiger partial charge is 0.187 e. The Morgan fingerprint density at radius 3 is 2.26 bits per heavy atom. The molecule has 3 heteroatoms. The van der Waals surface area contributed by atoms with Crippen LogP contribution in [0.25, 0.3) is 0 Å². The van der Waals surface area contributed by atoms with E-state index in [2.05, 4.69) is 57.3 Å². The van der Waals surface area contributed by atoms with Gasteiger partial charge >= 0.3 is 0 Å². The Kier molecular flexibility index (Phi) is 6.24. The lowest BCUT2D eigenvalue weighted by atomic mass is 9.97. The van der Waals surface area contributed by atoms with E-state index in [-0.39, 0.29) is 5.41 Å². The first-order valence-electron chi connectivity index (χ1n) is 7.01. The van der Waals surface area contributed by atoms with Crippen molar-refractivity contribution in [3.8, 4) is 0 Å². The molecule has 108 valence electrons. The van der Waals surface area contributed by atoms with Crippen molar-refractivity contribution in [3.05, 3.63) is 35.9 Å². The minimum absolute atomic E-state index is 0.103. The fourth-order valence-electron chi connectivity index (χ4n) is 1.99. The molecule has 0 aliphatic rings. The van der Waals surface area contributed by atoms with Gasteiger partial charge in [0.05, 0.1) is 6.61 Å². The summed E-state index contributed by atoms with van der Waals surface area (Å²) in [6.45, 7) is 10.5. The summed E-state index contributed by atoms with van der Waals surface area (Å²) in [4.78, 5) is 0. The molecular weight excluding hydrogens is 252 g/mol. The lowest BCUT2D eigenvalue weighted by molar-refractivity contribution is 0.0614. The van der Waals surface area contributed by atoms with Gasteiger partial charge in [-0.25, -0.2) is 0 Å². The van der Waals surface area contributed by atoms with Gasteiger partial charge in [-0.2, -0.15) is 0 Å². The highest BCUT2D eigenvalue weighted by Gasteiger charge is 2.26. The molecular formula is C16H28O2Si. The van der Waals surface area contributed by atoms with Crippen molar-refractivity contribution in [2.24, 2.45) is 5.41 Å². The fourth-order valence-corrected chi connectivity index (χ4v) is 3.80. The van der Waals surface area contributed by atoms with Crippen molar-refractivity contribution in [2.75, 3.05) is 20.3 Å². The van der Waals surface area contributed by atoms with Gasteiger partial charge in [0.25, 0.3) is 0 Å².